The highest BCUT2D eigenvalue weighted by atomic mass is 16.5. The van der Waals surface area contributed by atoms with E-state index in [9.17, 15) is 4.79 Å². The van der Waals surface area contributed by atoms with Crippen LogP contribution in [0.4, 0.5) is 0 Å². The molecule has 0 aliphatic carbocycles. The number of hydrogen-bond donors (Lipinski definition) is 1. The quantitative estimate of drug-likeness (QED) is 0.894. The van der Waals surface area contributed by atoms with Crippen LogP contribution in [0.15, 0.2) is 36.7 Å². The van der Waals surface area contributed by atoms with Gasteiger partial charge in [-0.1, -0.05) is 12.1 Å². The van der Waals surface area contributed by atoms with Gasteiger partial charge in [-0.15, -0.1) is 0 Å². The average Bonchev–Trinajstić information content (AvgIpc) is 2.41. The van der Waals surface area contributed by atoms with Crippen molar-refractivity contribution in [2.24, 2.45) is 0 Å². The van der Waals surface area contributed by atoms with Gasteiger partial charge in [0.25, 0.3) is 0 Å². The molecule has 0 atom stereocenters. The molecule has 0 fully saturated rings. The van der Waals surface area contributed by atoms with E-state index < -0.39 is 5.97 Å². The van der Waals surface area contributed by atoms with Gasteiger partial charge in [-0.05, 0) is 17.7 Å². The van der Waals surface area contributed by atoms with Crippen molar-refractivity contribution in [3.05, 3.63) is 47.9 Å². The van der Waals surface area contributed by atoms with E-state index in [1.807, 2.05) is 6.07 Å². The Balaban J connectivity index is 2.06. The molecule has 6 heteroatoms. The lowest BCUT2D eigenvalue weighted by molar-refractivity contribution is -0.136. The van der Waals surface area contributed by atoms with Crippen LogP contribution in [-0.2, 0) is 11.2 Å². The van der Waals surface area contributed by atoms with Crippen LogP contribution in [0.25, 0.3) is 0 Å². The number of rotatable bonds is 4. The summed E-state index contributed by atoms with van der Waals surface area (Å²) in [5.41, 5.74) is 0.898. The third-order valence-electron chi connectivity index (χ3n) is 2.24. The van der Waals surface area contributed by atoms with E-state index in [0.717, 1.165) is 0 Å². The summed E-state index contributed by atoms with van der Waals surface area (Å²) in [5.74, 6) is -0.0928. The number of aromatic nitrogens is 2. The van der Waals surface area contributed by atoms with Crippen LogP contribution in [0, 0.1) is 11.3 Å². The molecule has 0 spiro atoms. The molecule has 0 saturated carbocycles. The Morgan fingerprint density at radius 2 is 2.00 bits per heavy atom. The van der Waals surface area contributed by atoms with Gasteiger partial charge in [-0.2, -0.15) is 5.26 Å². The summed E-state index contributed by atoms with van der Waals surface area (Å²) in [6.45, 7) is 0. The van der Waals surface area contributed by atoms with E-state index in [1.54, 1.807) is 24.3 Å². The van der Waals surface area contributed by atoms with E-state index >= 15 is 0 Å². The molecular formula is C13H9N3O3. The molecule has 94 valence electrons. The number of nitrogens with zero attached hydrogens (tertiary/aromatic N) is 3. The number of nitriles is 1. The zero-order chi connectivity index (χ0) is 13.7. The Morgan fingerprint density at radius 3 is 2.53 bits per heavy atom. The largest absolute Gasteiger partial charge is 0.481 e. The SMILES string of the molecule is N#Cc1cnc(Oc2ccc(CC(=O)O)cc2)cn1. The van der Waals surface area contributed by atoms with Crippen molar-refractivity contribution in [1.82, 2.24) is 9.97 Å². The average molecular weight is 255 g/mol. The summed E-state index contributed by atoms with van der Waals surface area (Å²) in [4.78, 5) is 18.3. The van der Waals surface area contributed by atoms with E-state index in [4.69, 9.17) is 15.1 Å². The molecular weight excluding hydrogens is 246 g/mol. The van der Waals surface area contributed by atoms with Crippen molar-refractivity contribution < 1.29 is 14.6 Å². The predicted molar refractivity (Wildman–Crippen MR) is 64.6 cm³/mol. The fourth-order valence-corrected chi connectivity index (χ4v) is 1.40. The molecule has 19 heavy (non-hydrogen) atoms. The monoisotopic (exact) mass is 255 g/mol. The first-order valence-electron chi connectivity index (χ1n) is 5.38. The van der Waals surface area contributed by atoms with E-state index in [1.165, 1.54) is 12.4 Å². The number of ether oxygens (including phenoxy) is 1. The molecule has 2 rings (SSSR count). The Kier molecular flexibility index (Phi) is 3.69. The number of benzene rings is 1. The standard InChI is InChI=1S/C13H9N3O3/c14-6-10-7-16-12(8-15-10)19-11-3-1-9(2-4-11)5-13(17)18/h1-4,7-8H,5H2,(H,17,18). The number of carboxylic acid groups (broad SMARTS) is 1. The Hall–Kier alpha value is -2.94. The van der Waals surface area contributed by atoms with E-state index in [-0.39, 0.29) is 18.0 Å². The molecule has 0 aliphatic heterocycles. The second-order valence-electron chi connectivity index (χ2n) is 3.67. The van der Waals surface area contributed by atoms with Crippen LogP contribution < -0.4 is 4.74 Å². The highest BCUT2D eigenvalue weighted by molar-refractivity contribution is 5.70. The topological polar surface area (TPSA) is 96.1 Å². The molecule has 1 N–H and O–H groups in total. The maximum Gasteiger partial charge on any atom is 0.307 e. The fraction of sp³-hybridized carbons (Fsp3) is 0.0769. The maximum atomic E-state index is 10.5. The van der Waals surface area contributed by atoms with Crippen molar-refractivity contribution in [3.63, 3.8) is 0 Å². The van der Waals surface area contributed by atoms with Gasteiger partial charge >= 0.3 is 5.97 Å². The lowest BCUT2D eigenvalue weighted by Crippen LogP contribution is -1.99. The molecule has 0 saturated heterocycles. The summed E-state index contributed by atoms with van der Waals surface area (Å²) in [6.07, 6.45) is 2.63. The third kappa shape index (κ3) is 3.51. The van der Waals surface area contributed by atoms with Crippen LogP contribution in [-0.4, -0.2) is 21.0 Å². The molecule has 2 aromatic rings. The fourth-order valence-electron chi connectivity index (χ4n) is 1.40. The van der Waals surface area contributed by atoms with Crippen molar-refractivity contribution >= 4 is 5.97 Å². The highest BCUT2D eigenvalue weighted by Gasteiger charge is 2.03. The number of carboxylic acids is 1. The van der Waals surface area contributed by atoms with Gasteiger partial charge in [0.15, 0.2) is 5.69 Å². The molecule has 1 heterocycles. The molecule has 0 radical (unpaired) electrons. The first-order valence-corrected chi connectivity index (χ1v) is 5.38. The minimum absolute atomic E-state index is 0.0308. The second kappa shape index (κ2) is 5.60. The summed E-state index contributed by atoms with van der Waals surface area (Å²) < 4.78 is 5.41. The zero-order valence-electron chi connectivity index (χ0n) is 9.78. The van der Waals surface area contributed by atoms with Gasteiger partial charge in [0, 0.05) is 0 Å². The minimum Gasteiger partial charge on any atom is -0.481 e. The summed E-state index contributed by atoms with van der Waals surface area (Å²) in [7, 11) is 0. The van der Waals surface area contributed by atoms with Gasteiger partial charge in [-0.3, -0.25) is 4.79 Å². The van der Waals surface area contributed by atoms with Crippen LogP contribution in [0.1, 0.15) is 11.3 Å². The smallest absolute Gasteiger partial charge is 0.307 e. The Morgan fingerprint density at radius 1 is 1.26 bits per heavy atom. The molecule has 1 aromatic carbocycles. The Bertz CT molecular complexity index is 615. The van der Waals surface area contributed by atoms with Gasteiger partial charge in [0.05, 0.1) is 18.8 Å². The van der Waals surface area contributed by atoms with Gasteiger partial charge < -0.3 is 9.84 Å². The van der Waals surface area contributed by atoms with Crippen molar-refractivity contribution in [3.8, 4) is 17.7 Å². The molecule has 6 nitrogen and oxygen atoms in total. The van der Waals surface area contributed by atoms with E-state index in [2.05, 4.69) is 9.97 Å². The zero-order valence-corrected chi connectivity index (χ0v) is 9.78. The van der Waals surface area contributed by atoms with Crippen LogP contribution in [0.3, 0.4) is 0 Å². The van der Waals surface area contributed by atoms with Crippen LogP contribution in [0.5, 0.6) is 11.6 Å². The predicted octanol–water partition coefficient (Wildman–Crippen LogP) is 1.77. The van der Waals surface area contributed by atoms with Crippen LogP contribution in [0.2, 0.25) is 0 Å². The number of hydrogen-bond acceptors (Lipinski definition) is 5. The van der Waals surface area contributed by atoms with Gasteiger partial charge in [0.2, 0.25) is 5.88 Å². The number of carbonyl (C=O) groups is 1. The molecule has 0 bridgehead atoms. The summed E-state index contributed by atoms with van der Waals surface area (Å²) in [6, 6.07) is 8.50. The molecule has 0 aliphatic rings. The lowest BCUT2D eigenvalue weighted by atomic mass is 10.1. The molecule has 0 unspecified atom stereocenters. The first kappa shape index (κ1) is 12.5. The minimum atomic E-state index is -0.883. The van der Waals surface area contributed by atoms with Crippen LogP contribution >= 0.6 is 0 Å². The second-order valence-corrected chi connectivity index (χ2v) is 3.67. The molecule has 1 aromatic heterocycles. The summed E-state index contributed by atoms with van der Waals surface area (Å²) >= 11 is 0. The highest BCUT2D eigenvalue weighted by Crippen LogP contribution is 2.19. The Labute approximate surface area is 108 Å². The molecule has 0 amide bonds. The van der Waals surface area contributed by atoms with E-state index in [0.29, 0.717) is 11.3 Å². The lowest BCUT2D eigenvalue weighted by Gasteiger charge is -2.04. The maximum absolute atomic E-state index is 10.5. The van der Waals surface area contributed by atoms with Gasteiger partial charge in [0.1, 0.15) is 11.8 Å². The van der Waals surface area contributed by atoms with Crippen molar-refractivity contribution in [2.45, 2.75) is 6.42 Å². The third-order valence-corrected chi connectivity index (χ3v) is 2.24. The number of aliphatic carboxylic acids is 1. The first-order chi connectivity index (χ1) is 9.17. The van der Waals surface area contributed by atoms with Crippen molar-refractivity contribution in [2.75, 3.05) is 0 Å². The normalized spacial score (nSPS) is 9.63. The van der Waals surface area contributed by atoms with Gasteiger partial charge in [-0.25, -0.2) is 9.97 Å². The summed E-state index contributed by atoms with van der Waals surface area (Å²) in [5, 5.41) is 17.2. The van der Waals surface area contributed by atoms with Crippen molar-refractivity contribution in [1.29, 1.82) is 5.26 Å².